The fourth-order valence-corrected chi connectivity index (χ4v) is 1.79. The maximum atomic E-state index is 13.7. The van der Waals surface area contributed by atoms with Crippen molar-refractivity contribution in [3.63, 3.8) is 0 Å². The van der Waals surface area contributed by atoms with Gasteiger partial charge in [0.2, 0.25) is 0 Å². The Balaban J connectivity index is 3.21. The first-order valence-electron chi connectivity index (χ1n) is 5.24. The van der Waals surface area contributed by atoms with E-state index in [1.54, 1.807) is 13.8 Å². The van der Waals surface area contributed by atoms with E-state index in [2.05, 4.69) is 0 Å². The summed E-state index contributed by atoms with van der Waals surface area (Å²) in [5.41, 5.74) is 5.48. The van der Waals surface area contributed by atoms with E-state index in [0.717, 1.165) is 6.07 Å². The molecule has 0 saturated heterocycles. The van der Waals surface area contributed by atoms with Crippen LogP contribution >= 0.6 is 0 Å². The van der Waals surface area contributed by atoms with Gasteiger partial charge in [-0.2, -0.15) is 0 Å². The summed E-state index contributed by atoms with van der Waals surface area (Å²) >= 11 is 0. The highest BCUT2D eigenvalue weighted by Gasteiger charge is 2.33. The van der Waals surface area contributed by atoms with Gasteiger partial charge in [0.1, 0.15) is 11.6 Å². The van der Waals surface area contributed by atoms with Crippen molar-refractivity contribution < 1.29 is 13.9 Å². The number of aliphatic hydroxyl groups excluding tert-OH is 1. The summed E-state index contributed by atoms with van der Waals surface area (Å²) in [5.74, 6) is -1.23. The van der Waals surface area contributed by atoms with Crippen LogP contribution in [0.2, 0.25) is 0 Å². The summed E-state index contributed by atoms with van der Waals surface area (Å²) in [4.78, 5) is 0. The highest BCUT2D eigenvalue weighted by atomic mass is 19.1. The minimum Gasteiger partial charge on any atom is -0.396 e. The third-order valence-corrected chi connectivity index (χ3v) is 3.18. The van der Waals surface area contributed by atoms with Crippen LogP contribution in [0.3, 0.4) is 0 Å². The summed E-state index contributed by atoms with van der Waals surface area (Å²) in [6.07, 6.45) is 0.340. The Bertz CT molecular complexity index is 368. The summed E-state index contributed by atoms with van der Waals surface area (Å²) in [6, 6.07) is 3.10. The summed E-state index contributed by atoms with van der Waals surface area (Å²) in [6.45, 7) is 3.43. The number of halogens is 2. The van der Waals surface area contributed by atoms with Gasteiger partial charge in [-0.3, -0.25) is 0 Å². The van der Waals surface area contributed by atoms with Gasteiger partial charge in [-0.15, -0.1) is 0 Å². The third-order valence-electron chi connectivity index (χ3n) is 3.18. The zero-order valence-corrected chi connectivity index (χ0v) is 9.50. The smallest absolute Gasteiger partial charge is 0.129 e. The van der Waals surface area contributed by atoms with Crippen molar-refractivity contribution in [3.05, 3.63) is 35.4 Å². The van der Waals surface area contributed by atoms with E-state index in [1.165, 1.54) is 12.1 Å². The van der Waals surface area contributed by atoms with Crippen LogP contribution < -0.4 is 5.73 Å². The summed E-state index contributed by atoms with van der Waals surface area (Å²) in [5, 5.41) is 9.01. The third kappa shape index (κ3) is 2.39. The molecular formula is C12H17F2NO. The lowest BCUT2D eigenvalue weighted by atomic mass is 9.74. The number of benzene rings is 1. The lowest BCUT2D eigenvalue weighted by Crippen LogP contribution is -2.42. The topological polar surface area (TPSA) is 46.2 Å². The Morgan fingerprint density at radius 3 is 2.50 bits per heavy atom. The molecular weight excluding hydrogens is 212 g/mol. The average Bonchev–Trinajstić information content (AvgIpc) is 2.17. The molecule has 2 nitrogen and oxygen atoms in total. The molecule has 0 heterocycles. The monoisotopic (exact) mass is 229 g/mol. The van der Waals surface area contributed by atoms with Gasteiger partial charge < -0.3 is 10.8 Å². The van der Waals surface area contributed by atoms with Crippen LogP contribution in [0.5, 0.6) is 0 Å². The van der Waals surface area contributed by atoms with Gasteiger partial charge in [0, 0.05) is 24.1 Å². The molecule has 1 rings (SSSR count). The summed E-state index contributed by atoms with van der Waals surface area (Å²) in [7, 11) is 0. The first-order chi connectivity index (χ1) is 7.41. The minimum absolute atomic E-state index is 0.0884. The van der Waals surface area contributed by atoms with E-state index < -0.39 is 17.0 Å². The molecule has 0 radical (unpaired) electrons. The van der Waals surface area contributed by atoms with Crippen molar-refractivity contribution in [3.8, 4) is 0 Å². The molecule has 16 heavy (non-hydrogen) atoms. The quantitative estimate of drug-likeness (QED) is 0.829. The molecule has 2 atom stereocenters. The molecule has 3 N–H and O–H groups in total. The maximum Gasteiger partial charge on any atom is 0.129 e. The number of hydrogen-bond donors (Lipinski definition) is 2. The standard InChI is InChI=1S/C12H17F2NO/c1-8(15)12(2,5-6-16)10-4-3-9(13)7-11(10)14/h3-4,7-8,16H,5-6,15H2,1-2H3. The van der Waals surface area contributed by atoms with Gasteiger partial charge in [0.15, 0.2) is 0 Å². The van der Waals surface area contributed by atoms with E-state index in [1.807, 2.05) is 0 Å². The Morgan fingerprint density at radius 2 is 2.06 bits per heavy atom. The van der Waals surface area contributed by atoms with E-state index in [4.69, 9.17) is 10.8 Å². The zero-order valence-electron chi connectivity index (χ0n) is 9.50. The highest BCUT2D eigenvalue weighted by Crippen LogP contribution is 2.32. The molecule has 0 aliphatic rings. The molecule has 0 saturated carbocycles. The molecule has 90 valence electrons. The Hall–Kier alpha value is -1.00. The van der Waals surface area contributed by atoms with E-state index >= 15 is 0 Å². The van der Waals surface area contributed by atoms with Crippen molar-refractivity contribution in [2.45, 2.75) is 31.7 Å². The number of nitrogens with two attached hydrogens (primary N) is 1. The molecule has 2 unspecified atom stereocenters. The molecule has 0 aromatic heterocycles. The van der Waals surface area contributed by atoms with Gasteiger partial charge >= 0.3 is 0 Å². The van der Waals surface area contributed by atoms with Crippen molar-refractivity contribution in [1.29, 1.82) is 0 Å². The van der Waals surface area contributed by atoms with Crippen LogP contribution in [0, 0.1) is 11.6 Å². The van der Waals surface area contributed by atoms with Gasteiger partial charge in [-0.25, -0.2) is 8.78 Å². The Morgan fingerprint density at radius 1 is 1.44 bits per heavy atom. The lowest BCUT2D eigenvalue weighted by Gasteiger charge is -2.33. The van der Waals surface area contributed by atoms with Gasteiger partial charge in [0.25, 0.3) is 0 Å². The van der Waals surface area contributed by atoms with Gasteiger partial charge in [0.05, 0.1) is 0 Å². The molecule has 0 aliphatic heterocycles. The molecule has 4 heteroatoms. The van der Waals surface area contributed by atoms with Crippen LogP contribution in [0.25, 0.3) is 0 Å². The average molecular weight is 229 g/mol. The Labute approximate surface area is 94.1 Å². The fraction of sp³-hybridized carbons (Fsp3) is 0.500. The van der Waals surface area contributed by atoms with Crippen LogP contribution in [-0.4, -0.2) is 17.8 Å². The highest BCUT2D eigenvalue weighted by molar-refractivity contribution is 5.28. The van der Waals surface area contributed by atoms with Crippen LogP contribution in [0.1, 0.15) is 25.8 Å². The SMILES string of the molecule is CC(N)C(C)(CCO)c1ccc(F)cc1F. The molecule has 0 aliphatic carbocycles. The Kier molecular flexibility index (Phi) is 3.99. The van der Waals surface area contributed by atoms with Gasteiger partial charge in [-0.1, -0.05) is 13.0 Å². The van der Waals surface area contributed by atoms with Crippen molar-refractivity contribution in [2.75, 3.05) is 6.61 Å². The first-order valence-corrected chi connectivity index (χ1v) is 5.24. The first kappa shape index (κ1) is 13.1. The van der Waals surface area contributed by atoms with Gasteiger partial charge in [-0.05, 0) is 25.0 Å². The molecule has 0 bridgehead atoms. The number of rotatable bonds is 4. The normalized spacial score (nSPS) is 16.9. The van der Waals surface area contributed by atoms with Crippen molar-refractivity contribution in [2.24, 2.45) is 5.73 Å². The lowest BCUT2D eigenvalue weighted by molar-refractivity contribution is 0.226. The van der Waals surface area contributed by atoms with Crippen LogP contribution in [0.15, 0.2) is 18.2 Å². The van der Waals surface area contributed by atoms with Crippen molar-refractivity contribution >= 4 is 0 Å². The molecule has 1 aromatic carbocycles. The zero-order chi connectivity index (χ0) is 12.3. The second-order valence-electron chi connectivity index (χ2n) is 4.30. The second kappa shape index (κ2) is 4.89. The molecule has 0 fully saturated rings. The fourth-order valence-electron chi connectivity index (χ4n) is 1.79. The minimum atomic E-state index is -0.688. The van der Waals surface area contributed by atoms with Crippen LogP contribution in [0.4, 0.5) is 8.78 Å². The number of hydrogen-bond acceptors (Lipinski definition) is 2. The predicted molar refractivity (Wildman–Crippen MR) is 59.1 cm³/mol. The number of aliphatic hydroxyl groups is 1. The predicted octanol–water partition coefficient (Wildman–Crippen LogP) is 1.95. The molecule has 1 aromatic rings. The second-order valence-corrected chi connectivity index (χ2v) is 4.30. The molecule has 0 amide bonds. The largest absolute Gasteiger partial charge is 0.396 e. The van der Waals surface area contributed by atoms with E-state index in [0.29, 0.717) is 12.0 Å². The van der Waals surface area contributed by atoms with E-state index in [-0.39, 0.29) is 12.6 Å². The summed E-state index contributed by atoms with van der Waals surface area (Å²) < 4.78 is 26.5. The van der Waals surface area contributed by atoms with Crippen LogP contribution in [-0.2, 0) is 5.41 Å². The maximum absolute atomic E-state index is 13.7. The van der Waals surface area contributed by atoms with Crippen molar-refractivity contribution in [1.82, 2.24) is 0 Å². The van der Waals surface area contributed by atoms with E-state index in [9.17, 15) is 8.78 Å². The molecule has 0 spiro atoms.